The van der Waals surface area contributed by atoms with E-state index in [0.29, 0.717) is 11.3 Å². The van der Waals surface area contributed by atoms with Crippen molar-refractivity contribution in [1.29, 1.82) is 0 Å². The molecule has 0 aliphatic heterocycles. The minimum absolute atomic E-state index is 0.0414. The third-order valence-electron chi connectivity index (χ3n) is 2.55. The zero-order chi connectivity index (χ0) is 16.4. The number of nitrogens with one attached hydrogen (secondary N) is 1. The predicted octanol–water partition coefficient (Wildman–Crippen LogP) is 0.856. The molecule has 0 amide bonds. The minimum atomic E-state index is -0.929. The van der Waals surface area contributed by atoms with Crippen LogP contribution < -0.4 is 5.56 Å². The summed E-state index contributed by atoms with van der Waals surface area (Å²) >= 11 is 0.453. The number of hydrogen-bond donors (Lipinski definition) is 1. The molecule has 0 saturated carbocycles. The molecule has 1 N–H and O–H groups in total. The average Bonchev–Trinajstić information content (AvgIpc) is 2.87. The van der Waals surface area contributed by atoms with Gasteiger partial charge in [0.15, 0.2) is 5.52 Å². The van der Waals surface area contributed by atoms with Crippen LogP contribution in [0, 0.1) is 10.1 Å². The summed E-state index contributed by atoms with van der Waals surface area (Å²) in [7, 11) is 1.08. The third-order valence-corrected chi connectivity index (χ3v) is 3.66. The maximum Gasteiger partial charge on any atom is 0.374 e. The van der Waals surface area contributed by atoms with Gasteiger partial charge in [-0.25, -0.2) is 14.6 Å². The number of thiophene rings is 1. The number of rotatable bonds is 4. The van der Waals surface area contributed by atoms with E-state index in [2.05, 4.69) is 19.4 Å². The van der Waals surface area contributed by atoms with Crippen LogP contribution in [0.4, 0.5) is 5.00 Å². The molecule has 11 heteroatoms. The van der Waals surface area contributed by atoms with Crippen LogP contribution in [-0.4, -0.2) is 40.5 Å². The Morgan fingerprint density at radius 2 is 2.09 bits per heavy atom. The van der Waals surface area contributed by atoms with Gasteiger partial charge in [0.25, 0.3) is 5.56 Å². The Kier molecular flexibility index (Phi) is 4.17. The van der Waals surface area contributed by atoms with Crippen LogP contribution >= 0.6 is 11.3 Å². The van der Waals surface area contributed by atoms with E-state index in [9.17, 15) is 24.5 Å². The monoisotopic (exact) mass is 327 g/mol. The van der Waals surface area contributed by atoms with E-state index in [-0.39, 0.29) is 22.4 Å². The Morgan fingerprint density at radius 1 is 1.41 bits per heavy atom. The molecule has 2 heterocycles. The fourth-order valence-corrected chi connectivity index (χ4v) is 2.66. The number of carbonyl (C=O) groups is 2. The number of fused-ring (bicyclic) bond motifs is 1. The van der Waals surface area contributed by atoms with Gasteiger partial charge in [-0.15, -0.1) is 0 Å². The number of H-pyrrole nitrogens is 1. The molecule has 0 unspecified atom stereocenters. The zero-order valence-corrected chi connectivity index (χ0v) is 12.2. The quantitative estimate of drug-likeness (QED) is 0.495. The van der Waals surface area contributed by atoms with Crippen LogP contribution in [0.2, 0.25) is 0 Å². The van der Waals surface area contributed by atoms with Crippen molar-refractivity contribution in [2.24, 2.45) is 0 Å². The second-order valence-electron chi connectivity index (χ2n) is 3.84. The molecule has 0 aliphatic carbocycles. The lowest BCUT2D eigenvalue weighted by atomic mass is 10.3. The first kappa shape index (κ1) is 15.6. The van der Waals surface area contributed by atoms with E-state index >= 15 is 0 Å². The number of methoxy groups -OCH3 is 1. The van der Waals surface area contributed by atoms with Crippen molar-refractivity contribution in [3.8, 4) is 0 Å². The van der Waals surface area contributed by atoms with Crippen LogP contribution in [0.25, 0.3) is 10.9 Å². The van der Waals surface area contributed by atoms with Gasteiger partial charge >= 0.3 is 16.9 Å². The minimum Gasteiger partial charge on any atom is -0.465 e. The van der Waals surface area contributed by atoms with E-state index in [4.69, 9.17) is 0 Å². The number of ether oxygens (including phenoxy) is 2. The van der Waals surface area contributed by atoms with Gasteiger partial charge in [-0.1, -0.05) is 11.3 Å². The van der Waals surface area contributed by atoms with Crippen LogP contribution in [0.5, 0.6) is 0 Å². The Hall–Kier alpha value is -2.82. The molecule has 0 saturated heterocycles. The largest absolute Gasteiger partial charge is 0.465 e. The van der Waals surface area contributed by atoms with Crippen molar-refractivity contribution in [3.63, 3.8) is 0 Å². The first-order chi connectivity index (χ1) is 10.4. The highest BCUT2D eigenvalue weighted by Crippen LogP contribution is 2.34. The molecule has 10 nitrogen and oxygen atoms in total. The van der Waals surface area contributed by atoms with Gasteiger partial charge in [-0.05, 0) is 6.92 Å². The smallest absolute Gasteiger partial charge is 0.374 e. The van der Waals surface area contributed by atoms with Gasteiger partial charge in [0.1, 0.15) is 4.88 Å². The van der Waals surface area contributed by atoms with Gasteiger partial charge in [0, 0.05) is 0 Å². The molecule has 2 aromatic heterocycles. The Morgan fingerprint density at radius 3 is 2.64 bits per heavy atom. The van der Waals surface area contributed by atoms with E-state index < -0.39 is 33.2 Å². The second kappa shape index (κ2) is 5.89. The second-order valence-corrected chi connectivity index (χ2v) is 4.84. The molecule has 0 atom stereocenters. The van der Waals surface area contributed by atoms with Gasteiger partial charge in [0.05, 0.1) is 24.0 Å². The average molecular weight is 327 g/mol. The first-order valence-electron chi connectivity index (χ1n) is 5.87. The van der Waals surface area contributed by atoms with Crippen molar-refractivity contribution in [3.05, 3.63) is 31.2 Å². The third kappa shape index (κ3) is 2.53. The summed E-state index contributed by atoms with van der Waals surface area (Å²) < 4.78 is 9.16. The molecule has 0 fully saturated rings. The van der Waals surface area contributed by atoms with Gasteiger partial charge < -0.3 is 14.5 Å². The Labute approximate surface area is 125 Å². The number of nitrogens with zero attached hydrogens (tertiary/aromatic N) is 2. The van der Waals surface area contributed by atoms with Gasteiger partial charge in [-0.3, -0.25) is 14.9 Å². The molecule has 2 rings (SSSR count). The van der Waals surface area contributed by atoms with Crippen LogP contribution in [0.1, 0.15) is 27.2 Å². The molecule has 22 heavy (non-hydrogen) atoms. The molecular weight excluding hydrogens is 318 g/mol. The van der Waals surface area contributed by atoms with Crippen LogP contribution in [0.3, 0.4) is 0 Å². The normalized spacial score (nSPS) is 10.5. The first-order valence-corrected chi connectivity index (χ1v) is 6.69. The Balaban J connectivity index is 2.80. The molecular formula is C11H9N3O7S. The van der Waals surface area contributed by atoms with Crippen molar-refractivity contribution in [1.82, 2.24) is 9.97 Å². The summed E-state index contributed by atoms with van der Waals surface area (Å²) in [4.78, 5) is 51.2. The summed E-state index contributed by atoms with van der Waals surface area (Å²) in [6.45, 7) is 1.59. The number of carbonyl (C=O) groups excluding carboxylic acids is 2. The van der Waals surface area contributed by atoms with Crippen molar-refractivity contribution < 1.29 is 24.0 Å². The molecule has 116 valence electrons. The highest BCUT2D eigenvalue weighted by atomic mass is 32.1. The van der Waals surface area contributed by atoms with Crippen molar-refractivity contribution >= 4 is 39.2 Å². The summed E-state index contributed by atoms with van der Waals surface area (Å²) in [6.07, 6.45) is 0. The van der Waals surface area contributed by atoms with E-state index in [1.54, 1.807) is 6.92 Å². The van der Waals surface area contributed by atoms with E-state index in [0.717, 1.165) is 7.11 Å². The molecule has 2 aromatic rings. The standard InChI is InChI=1S/C11H9N3O7S/c1-3-21-11(17)7-12-5-4(8(15)13-7)6(10(16)20-2)22-9(5)14(18)19/h3H2,1-2H3,(H,12,13,15). The molecule has 0 aromatic carbocycles. The summed E-state index contributed by atoms with van der Waals surface area (Å²) in [5.74, 6) is -2.31. The molecule has 0 aliphatic rings. The van der Waals surface area contributed by atoms with E-state index in [1.165, 1.54) is 0 Å². The predicted molar refractivity (Wildman–Crippen MR) is 74.2 cm³/mol. The molecule has 0 spiro atoms. The lowest BCUT2D eigenvalue weighted by Gasteiger charge is -2.00. The van der Waals surface area contributed by atoms with E-state index in [1.807, 2.05) is 0 Å². The topological polar surface area (TPSA) is 141 Å². The summed E-state index contributed by atoms with van der Waals surface area (Å²) in [6, 6.07) is 0. The highest BCUT2D eigenvalue weighted by molar-refractivity contribution is 7.19. The molecule has 0 bridgehead atoms. The highest BCUT2D eigenvalue weighted by Gasteiger charge is 2.29. The van der Waals surface area contributed by atoms with Crippen LogP contribution in [-0.2, 0) is 9.47 Å². The zero-order valence-electron chi connectivity index (χ0n) is 11.4. The maximum absolute atomic E-state index is 12.1. The number of aromatic amines is 1. The number of nitro groups is 1. The lowest BCUT2D eigenvalue weighted by Crippen LogP contribution is -2.18. The number of hydrogen-bond acceptors (Lipinski definition) is 9. The summed E-state index contributed by atoms with van der Waals surface area (Å²) in [5, 5.41) is 10.2. The fourth-order valence-electron chi connectivity index (χ4n) is 1.69. The van der Waals surface area contributed by atoms with Gasteiger partial charge in [-0.2, -0.15) is 0 Å². The van der Waals surface area contributed by atoms with Crippen molar-refractivity contribution in [2.45, 2.75) is 6.92 Å². The number of aromatic nitrogens is 2. The Bertz CT molecular complexity index is 838. The molecule has 0 radical (unpaired) electrons. The fraction of sp³-hybridized carbons (Fsp3) is 0.273. The number of esters is 2. The van der Waals surface area contributed by atoms with Crippen molar-refractivity contribution in [2.75, 3.05) is 13.7 Å². The SMILES string of the molecule is CCOC(=O)c1nc2c([N+](=O)[O-])sc(C(=O)OC)c2c(=O)[nH]1. The summed E-state index contributed by atoms with van der Waals surface area (Å²) in [5.41, 5.74) is -1.22. The van der Waals surface area contributed by atoms with Gasteiger partial charge in [0.2, 0.25) is 5.82 Å². The van der Waals surface area contributed by atoms with Crippen LogP contribution in [0.15, 0.2) is 4.79 Å². The lowest BCUT2D eigenvalue weighted by molar-refractivity contribution is -0.378. The maximum atomic E-state index is 12.1.